The van der Waals surface area contributed by atoms with E-state index in [0.29, 0.717) is 69.6 Å². The van der Waals surface area contributed by atoms with Gasteiger partial charge < -0.3 is 91.7 Å². The molecule has 1 unspecified atom stereocenters. The van der Waals surface area contributed by atoms with Crippen LogP contribution in [-0.2, 0) is 112 Å². The van der Waals surface area contributed by atoms with Gasteiger partial charge in [-0.15, -0.1) is 11.8 Å². The number of fused-ring (bicyclic) bond motifs is 5. The van der Waals surface area contributed by atoms with Gasteiger partial charge in [0, 0.05) is 126 Å². The molecule has 0 saturated carbocycles. The lowest BCUT2D eigenvalue weighted by atomic mass is 9.83. The monoisotopic (exact) mass is 1690 g/mol. The Morgan fingerprint density at radius 3 is 2.07 bits per heavy atom. The molecule has 3 aromatic carbocycles. The number of nitrogens with zero attached hydrogens (tertiary/aromatic N) is 4. The smallest absolute Gasteiger partial charge is 0.409 e. The number of H-pyrrole nitrogens is 1. The summed E-state index contributed by atoms with van der Waals surface area (Å²) in [7, 11) is 4.15. The highest BCUT2D eigenvalue weighted by molar-refractivity contribution is 7.99. The summed E-state index contributed by atoms with van der Waals surface area (Å²) in [5.41, 5.74) is 2.66. The molecule has 4 aliphatic rings. The third-order valence-corrected chi connectivity index (χ3v) is 22.5. The van der Waals surface area contributed by atoms with Gasteiger partial charge in [-0.2, -0.15) is 0 Å². The van der Waals surface area contributed by atoms with Gasteiger partial charge in [-0.1, -0.05) is 88.2 Å². The van der Waals surface area contributed by atoms with Crippen molar-refractivity contribution >= 4 is 129 Å². The van der Waals surface area contributed by atoms with E-state index < -0.39 is 238 Å². The van der Waals surface area contributed by atoms with Gasteiger partial charge in [0.15, 0.2) is 17.3 Å². The number of thioether (sulfide) groups is 1. The Balaban J connectivity index is 0.882. The fourth-order valence-corrected chi connectivity index (χ4v) is 15.1. The molecule has 0 spiro atoms. The second-order valence-electron chi connectivity index (χ2n) is 30.3. The molecule has 0 radical (unpaired) electrons. The number of carboxylic acids is 1. The third-order valence-electron chi connectivity index (χ3n) is 21.3. The molecule has 4 aliphatic heterocycles. The van der Waals surface area contributed by atoms with Crippen molar-refractivity contribution in [2.45, 2.75) is 165 Å². The molecule has 120 heavy (non-hydrogen) atoms. The van der Waals surface area contributed by atoms with Crippen LogP contribution in [0, 0.1) is 23.7 Å². The largest absolute Gasteiger partial charge is 0.497 e. The summed E-state index contributed by atoms with van der Waals surface area (Å²) in [6.45, 7) is 0.836. The summed E-state index contributed by atoms with van der Waals surface area (Å²) >= 11 is 1.00. The zero-order valence-corrected chi connectivity index (χ0v) is 68.5. The number of Topliss-reactive ketones (excluding diaryl/α,β-unsaturated/α-hetero) is 4. The lowest BCUT2D eigenvalue weighted by molar-refractivity contribution is -0.148. The molecule has 1 saturated heterocycles. The number of hydrogen-bond acceptors (Lipinski definition) is 24. The average Bonchev–Trinajstić information content (AvgIpc) is 2.16. The number of aliphatic carboxylic acids is 1. The predicted molar refractivity (Wildman–Crippen MR) is 429 cm³/mol. The number of rotatable bonds is 32. The SMILES string of the molecule is CC[C@H](C)[C@H]1NC(=O)CCC(=O)[C@H]2CC(=O)[C@@H]([C@@H](C)[C@@H](O)CO)NC(=O)C3C[C@H](OC(=O)N(C)CCN(C)C(=O)OCc4ccc(CC(=O)CNC(=O)[C@@H](Cc5ccccc5)NC(=O)CNC(=O)CNC(=O)CCCCCN5C(=O)C=CC5=O)cc4)CN3C(=O)[C@H](CC(=O)O)CC(=O)[C@H](CSc3[nH]c4cc(OC)ccc4c3C2)NC(=O)CNC1=O. The second-order valence-corrected chi connectivity index (χ2v) is 31.3. The Morgan fingerprint density at radius 1 is 0.700 bits per heavy atom. The first kappa shape index (κ1) is 93.6. The topological polar surface area (TPSA) is 521 Å². The zero-order chi connectivity index (χ0) is 87.4. The van der Waals surface area contributed by atoms with E-state index in [1.165, 1.54) is 40.3 Å². The number of nitrogens with one attached hydrogen (secondary N) is 9. The predicted octanol–water partition coefficient (Wildman–Crippen LogP) is 0.399. The standard InChI is InChI=1S/C82H105N13O24S/c1-7-46(2)74-78(113)86-41-70(106)88-60-45-120-79-57(56-22-21-54(117-6)36-58(56)89-79)32-51(62(98)23-24-67(103)90-74)33-64(100)75(47(3)65(101)43-96)91-77(112)61-37-55(42-95(61)80(114)52(34-63(60)99)35-73(109)110)119-82(116)93(5)29-28-92(4)81(115)118-44-50-19-17-49(18-20-50)30-53(97)38-85-76(111)59(31-48-14-10-8-11-15-48)87-69(105)40-84-68(104)39-83-66(102)16-12-9-13-27-94-71(107)25-26-72(94)108/h8,10-11,14-15,17-22,25-26,36,46-47,51-52,55,59-61,65,74-75,89,96,101H,7,9,12-13,16,23-24,27-35,37-45H2,1-6H3,(H,83,102)(H,84,104)(H,85,111)(H,86,113)(H,87,105)(H,88,106)(H,90,103)(H,91,112)(H,109,110)/t46-,47-,51+,52-,55-,59+,60-,61?,65-,74+,75+/m0/s1. The maximum Gasteiger partial charge on any atom is 0.409 e. The van der Waals surface area contributed by atoms with E-state index in [0.717, 1.165) is 31.4 Å². The van der Waals surface area contributed by atoms with Crippen LogP contribution >= 0.6 is 11.8 Å². The molecule has 37 nitrogen and oxygen atoms in total. The quantitative estimate of drug-likeness (QED) is 0.0232. The van der Waals surface area contributed by atoms with Crippen molar-refractivity contribution in [1.82, 2.24) is 67.1 Å². The zero-order valence-electron chi connectivity index (χ0n) is 67.7. The summed E-state index contributed by atoms with van der Waals surface area (Å²) in [4.78, 5) is 253. The molecule has 1 fully saturated rings. The normalized spacial score (nSPS) is 20.6. The number of imide groups is 1. The Hall–Kier alpha value is -11.9. The number of benzene rings is 3. The van der Waals surface area contributed by atoms with E-state index in [1.54, 1.807) is 86.6 Å². The molecule has 8 rings (SSSR count). The number of aliphatic hydroxyl groups excluding tert-OH is 2. The van der Waals surface area contributed by atoms with Gasteiger partial charge in [0.2, 0.25) is 53.2 Å². The summed E-state index contributed by atoms with van der Waals surface area (Å²) in [6.07, 6.45) is -4.84. The summed E-state index contributed by atoms with van der Waals surface area (Å²) in [5.74, 6) is -16.9. The number of carboxylic acid groups (broad SMARTS) is 1. The first-order valence-electron chi connectivity index (χ1n) is 39.7. The van der Waals surface area contributed by atoms with Crippen LogP contribution in [0.25, 0.3) is 10.9 Å². The van der Waals surface area contributed by atoms with Gasteiger partial charge in [0.25, 0.3) is 11.8 Å². The Labute approximate surface area is 696 Å². The van der Waals surface area contributed by atoms with E-state index in [-0.39, 0.29) is 69.5 Å². The fourth-order valence-electron chi connectivity index (χ4n) is 14.0. The van der Waals surface area contributed by atoms with Crippen LogP contribution in [0.3, 0.4) is 0 Å². The van der Waals surface area contributed by atoms with Crippen molar-refractivity contribution in [2.75, 3.05) is 85.9 Å². The van der Waals surface area contributed by atoms with Crippen LogP contribution in [0.2, 0.25) is 0 Å². The van der Waals surface area contributed by atoms with Crippen molar-refractivity contribution in [1.29, 1.82) is 0 Å². The van der Waals surface area contributed by atoms with Crippen molar-refractivity contribution in [3.8, 4) is 5.75 Å². The van der Waals surface area contributed by atoms with Crippen molar-refractivity contribution in [2.24, 2.45) is 23.7 Å². The van der Waals surface area contributed by atoms with Crippen LogP contribution in [0.4, 0.5) is 9.59 Å². The van der Waals surface area contributed by atoms with Crippen LogP contribution in [0.15, 0.2) is 90.0 Å². The van der Waals surface area contributed by atoms with Crippen molar-refractivity contribution in [3.05, 3.63) is 107 Å². The number of aromatic nitrogens is 1. The number of ketones is 4. The van der Waals surface area contributed by atoms with Gasteiger partial charge in [-0.05, 0) is 59.6 Å². The number of hydrogen-bond donors (Lipinski definition) is 12. The first-order valence-corrected chi connectivity index (χ1v) is 40.7. The molecule has 648 valence electrons. The molecular formula is C82H105N13O24S. The average molecular weight is 1690 g/mol. The molecule has 5 heterocycles. The number of aliphatic hydroxyl groups is 2. The maximum atomic E-state index is 15.2. The van der Waals surface area contributed by atoms with E-state index in [1.807, 2.05) is 0 Å². The molecule has 12 N–H and O–H groups in total. The highest BCUT2D eigenvalue weighted by atomic mass is 32.2. The molecule has 11 atom stereocenters. The number of unbranched alkanes of at least 4 members (excludes halogenated alkanes) is 2. The van der Waals surface area contributed by atoms with Crippen molar-refractivity contribution in [3.63, 3.8) is 0 Å². The van der Waals surface area contributed by atoms with E-state index in [9.17, 15) is 87.2 Å². The number of carbonyl (C=O) groups is 18. The van der Waals surface area contributed by atoms with Crippen LogP contribution in [-0.4, -0.2) is 275 Å². The minimum atomic E-state index is -1.78. The Morgan fingerprint density at radius 2 is 1.38 bits per heavy atom. The second kappa shape index (κ2) is 45.3. The molecule has 13 amide bonds. The number of aromatic amines is 1. The Bertz CT molecular complexity index is 4460. The number of likely N-dealkylation sites (N-methyl/N-ethyl adjacent to an activating group) is 2. The van der Waals surface area contributed by atoms with E-state index >= 15 is 14.4 Å². The summed E-state index contributed by atoms with van der Waals surface area (Å²) in [6, 6.07) is 12.8. The number of ether oxygens (including phenoxy) is 3. The first-order chi connectivity index (χ1) is 57.2. The van der Waals surface area contributed by atoms with Crippen molar-refractivity contribution < 1.29 is 116 Å². The molecule has 4 aromatic rings. The van der Waals surface area contributed by atoms with Crippen LogP contribution < -0.4 is 47.3 Å². The third kappa shape index (κ3) is 27.6. The summed E-state index contributed by atoms with van der Waals surface area (Å²) in [5, 5.41) is 53.2. The molecule has 38 heteroatoms. The lowest BCUT2D eigenvalue weighted by Crippen LogP contribution is -2.56. The minimum absolute atomic E-state index is 0.0291. The van der Waals surface area contributed by atoms with E-state index in [2.05, 4.69) is 47.5 Å². The van der Waals surface area contributed by atoms with Gasteiger partial charge in [-0.3, -0.25) is 81.6 Å². The number of amides is 13. The molecule has 2 bridgehead atoms. The molecule has 0 aliphatic carbocycles. The van der Waals surface area contributed by atoms with Gasteiger partial charge in [-0.25, -0.2) is 9.59 Å². The van der Waals surface area contributed by atoms with Crippen LogP contribution in [0.5, 0.6) is 5.75 Å². The van der Waals surface area contributed by atoms with Crippen LogP contribution in [0.1, 0.15) is 114 Å². The number of carbonyl (C=O) groups excluding carboxylic acids is 17. The highest BCUT2D eigenvalue weighted by Gasteiger charge is 2.47. The Kier molecular flexibility index (Phi) is 35.3. The maximum absolute atomic E-state index is 15.2. The van der Waals surface area contributed by atoms with Gasteiger partial charge in [0.05, 0.1) is 87.5 Å². The summed E-state index contributed by atoms with van der Waals surface area (Å²) < 4.78 is 16.9. The van der Waals surface area contributed by atoms with Gasteiger partial charge >= 0.3 is 18.2 Å². The molecule has 1 aromatic heterocycles. The van der Waals surface area contributed by atoms with E-state index in [4.69, 9.17) is 14.2 Å². The van der Waals surface area contributed by atoms with Gasteiger partial charge in [0.1, 0.15) is 42.4 Å². The number of methoxy groups -OCH3 is 1. The fraction of sp³-hybridized carbons (Fsp3) is 0.512. The molecular weight excluding hydrogens is 1580 g/mol. The lowest BCUT2D eigenvalue weighted by Gasteiger charge is -2.32. The highest BCUT2D eigenvalue weighted by Crippen LogP contribution is 2.37. The minimum Gasteiger partial charge on any atom is -0.497 e.